The van der Waals surface area contributed by atoms with Gasteiger partial charge in [-0.25, -0.2) is 0 Å². The average molecular weight is 273 g/mol. The number of hydrogen-bond acceptors (Lipinski definition) is 4. The van der Waals surface area contributed by atoms with E-state index in [0.29, 0.717) is 17.3 Å². The van der Waals surface area contributed by atoms with Gasteiger partial charge in [0.2, 0.25) is 0 Å². The highest BCUT2D eigenvalue weighted by molar-refractivity contribution is 5.61. The van der Waals surface area contributed by atoms with E-state index in [4.69, 9.17) is 0 Å². The minimum Gasteiger partial charge on any atom is -0.381 e. The highest BCUT2D eigenvalue weighted by Crippen LogP contribution is 2.38. The molecule has 1 aromatic rings. The molecule has 1 aliphatic carbocycles. The molecule has 1 aliphatic rings. The highest BCUT2D eigenvalue weighted by Gasteiger charge is 2.32. The Morgan fingerprint density at radius 1 is 1.45 bits per heavy atom. The summed E-state index contributed by atoms with van der Waals surface area (Å²) in [5, 5.41) is 23.3. The molecule has 0 bridgehead atoms. The van der Waals surface area contributed by atoms with E-state index in [9.17, 15) is 15.4 Å². The molecule has 1 saturated carbocycles. The van der Waals surface area contributed by atoms with Crippen LogP contribution >= 0.6 is 0 Å². The topological polar surface area (TPSA) is 79.0 Å². The molecule has 1 aromatic carbocycles. The van der Waals surface area contributed by atoms with Crippen LogP contribution in [-0.2, 0) is 0 Å². The van der Waals surface area contributed by atoms with Crippen LogP contribution in [0.15, 0.2) is 18.2 Å². The summed E-state index contributed by atoms with van der Waals surface area (Å²) in [7, 11) is 0. The average Bonchev–Trinajstić information content (AvgIpc) is 2.41. The van der Waals surface area contributed by atoms with Crippen molar-refractivity contribution >= 4 is 11.4 Å². The third-order valence-corrected chi connectivity index (χ3v) is 4.17. The van der Waals surface area contributed by atoms with Crippen LogP contribution < -0.4 is 5.32 Å². The lowest BCUT2D eigenvalue weighted by Gasteiger charge is -2.39. The van der Waals surface area contributed by atoms with Crippen molar-refractivity contribution in [1.29, 1.82) is 5.26 Å². The summed E-state index contributed by atoms with van der Waals surface area (Å²) in [5.74, 6) is 0. The zero-order valence-corrected chi connectivity index (χ0v) is 11.8. The molecule has 1 N–H and O–H groups in total. The van der Waals surface area contributed by atoms with Crippen molar-refractivity contribution in [2.24, 2.45) is 5.41 Å². The van der Waals surface area contributed by atoms with Crippen LogP contribution in [0.25, 0.3) is 0 Å². The predicted molar refractivity (Wildman–Crippen MR) is 77.5 cm³/mol. The molecule has 0 aliphatic heterocycles. The van der Waals surface area contributed by atoms with Crippen molar-refractivity contribution in [1.82, 2.24) is 0 Å². The van der Waals surface area contributed by atoms with Crippen LogP contribution in [0, 0.1) is 26.9 Å². The molecule has 0 radical (unpaired) electrons. The highest BCUT2D eigenvalue weighted by atomic mass is 16.6. The fraction of sp³-hybridized carbons (Fsp3) is 0.533. The number of anilines is 1. The minimum absolute atomic E-state index is 0.0463. The van der Waals surface area contributed by atoms with Gasteiger partial charge >= 0.3 is 0 Å². The maximum atomic E-state index is 10.7. The van der Waals surface area contributed by atoms with Gasteiger partial charge in [-0.1, -0.05) is 26.7 Å². The van der Waals surface area contributed by atoms with Crippen LogP contribution in [0.4, 0.5) is 11.4 Å². The number of nitrogens with zero attached hydrogens (tertiary/aromatic N) is 2. The van der Waals surface area contributed by atoms with Gasteiger partial charge in [0.05, 0.1) is 16.2 Å². The number of nitro benzene ring substituents is 1. The Morgan fingerprint density at radius 2 is 2.20 bits per heavy atom. The van der Waals surface area contributed by atoms with E-state index >= 15 is 0 Å². The summed E-state index contributed by atoms with van der Waals surface area (Å²) in [6.45, 7) is 4.45. The van der Waals surface area contributed by atoms with Crippen molar-refractivity contribution < 1.29 is 4.92 Å². The molecule has 1 fully saturated rings. The fourth-order valence-corrected chi connectivity index (χ4v) is 2.81. The molecule has 20 heavy (non-hydrogen) atoms. The third kappa shape index (κ3) is 2.90. The van der Waals surface area contributed by atoms with E-state index in [0.717, 1.165) is 12.8 Å². The summed E-state index contributed by atoms with van der Waals surface area (Å²) in [4.78, 5) is 10.3. The number of hydrogen-bond donors (Lipinski definition) is 1. The number of rotatable bonds is 3. The lowest BCUT2D eigenvalue weighted by molar-refractivity contribution is -0.384. The van der Waals surface area contributed by atoms with Gasteiger partial charge in [-0.15, -0.1) is 0 Å². The van der Waals surface area contributed by atoms with Gasteiger partial charge in [0.15, 0.2) is 0 Å². The van der Waals surface area contributed by atoms with E-state index in [1.165, 1.54) is 25.0 Å². The van der Waals surface area contributed by atoms with Crippen molar-refractivity contribution in [2.45, 2.75) is 45.6 Å². The van der Waals surface area contributed by atoms with Gasteiger partial charge in [-0.2, -0.15) is 5.26 Å². The molecule has 0 heterocycles. The second-order valence-electron chi connectivity index (χ2n) is 6.03. The van der Waals surface area contributed by atoms with E-state index in [-0.39, 0.29) is 11.1 Å². The van der Waals surface area contributed by atoms with Gasteiger partial charge < -0.3 is 5.32 Å². The largest absolute Gasteiger partial charge is 0.381 e. The molecular weight excluding hydrogens is 254 g/mol. The Labute approximate surface area is 118 Å². The van der Waals surface area contributed by atoms with E-state index < -0.39 is 4.92 Å². The molecule has 0 amide bonds. The summed E-state index contributed by atoms with van der Waals surface area (Å²) in [6.07, 6.45) is 4.63. The molecule has 2 rings (SSSR count). The fourth-order valence-electron chi connectivity index (χ4n) is 2.81. The summed E-state index contributed by atoms with van der Waals surface area (Å²) < 4.78 is 0. The molecule has 5 nitrogen and oxygen atoms in total. The van der Waals surface area contributed by atoms with Crippen LogP contribution in [0.2, 0.25) is 0 Å². The Balaban J connectivity index is 2.25. The molecule has 1 atom stereocenters. The van der Waals surface area contributed by atoms with Gasteiger partial charge in [0, 0.05) is 18.2 Å². The van der Waals surface area contributed by atoms with Crippen molar-refractivity contribution in [3.05, 3.63) is 33.9 Å². The monoisotopic (exact) mass is 273 g/mol. The first kappa shape index (κ1) is 14.3. The first-order chi connectivity index (χ1) is 9.44. The van der Waals surface area contributed by atoms with E-state index in [2.05, 4.69) is 19.2 Å². The second-order valence-corrected chi connectivity index (χ2v) is 6.03. The van der Waals surface area contributed by atoms with Gasteiger partial charge in [0.1, 0.15) is 6.07 Å². The standard InChI is InChI=1S/C15H19N3O2/c1-15(2)8-4-3-5-14(15)17-13-7-6-12(18(19)20)9-11(13)10-16/h6-7,9,14,17H,3-5,8H2,1-2H3. The van der Waals surface area contributed by atoms with Gasteiger partial charge in [-0.3, -0.25) is 10.1 Å². The van der Waals surface area contributed by atoms with E-state index in [1.54, 1.807) is 6.07 Å². The molecule has 0 aromatic heterocycles. The lowest BCUT2D eigenvalue weighted by atomic mass is 9.73. The number of nitrogens with one attached hydrogen (secondary N) is 1. The van der Waals surface area contributed by atoms with Gasteiger partial charge in [-0.05, 0) is 24.3 Å². The maximum Gasteiger partial charge on any atom is 0.270 e. The first-order valence-corrected chi connectivity index (χ1v) is 6.89. The smallest absolute Gasteiger partial charge is 0.270 e. The van der Waals surface area contributed by atoms with Gasteiger partial charge in [0.25, 0.3) is 5.69 Å². The van der Waals surface area contributed by atoms with Crippen LogP contribution in [0.3, 0.4) is 0 Å². The van der Waals surface area contributed by atoms with Crippen LogP contribution in [0.5, 0.6) is 0 Å². The quantitative estimate of drug-likeness (QED) is 0.670. The Kier molecular flexibility index (Phi) is 3.93. The molecule has 106 valence electrons. The van der Waals surface area contributed by atoms with Crippen LogP contribution in [0.1, 0.15) is 45.1 Å². The summed E-state index contributed by atoms with van der Waals surface area (Å²) in [6, 6.07) is 6.75. The number of benzene rings is 1. The number of nitro groups is 1. The Bertz CT molecular complexity index is 561. The zero-order chi connectivity index (χ0) is 14.8. The lowest BCUT2D eigenvalue weighted by Crippen LogP contribution is -2.39. The molecule has 1 unspecified atom stereocenters. The zero-order valence-electron chi connectivity index (χ0n) is 11.8. The number of non-ortho nitro benzene ring substituents is 1. The molecule has 0 saturated heterocycles. The third-order valence-electron chi connectivity index (χ3n) is 4.17. The molecule has 0 spiro atoms. The van der Waals surface area contributed by atoms with Crippen molar-refractivity contribution in [3.8, 4) is 6.07 Å². The van der Waals surface area contributed by atoms with Crippen molar-refractivity contribution in [2.75, 3.05) is 5.32 Å². The SMILES string of the molecule is CC1(C)CCCCC1Nc1ccc([N+](=O)[O-])cc1C#N. The molecular formula is C15H19N3O2. The Morgan fingerprint density at radius 3 is 2.80 bits per heavy atom. The van der Waals surface area contributed by atoms with E-state index in [1.807, 2.05) is 6.07 Å². The minimum atomic E-state index is -0.477. The Hall–Kier alpha value is -2.09. The van der Waals surface area contributed by atoms with Crippen LogP contribution in [-0.4, -0.2) is 11.0 Å². The first-order valence-electron chi connectivity index (χ1n) is 6.89. The summed E-state index contributed by atoms with van der Waals surface area (Å²) in [5.41, 5.74) is 1.15. The second kappa shape index (κ2) is 5.49. The maximum absolute atomic E-state index is 10.7. The summed E-state index contributed by atoms with van der Waals surface area (Å²) >= 11 is 0. The van der Waals surface area contributed by atoms with Crippen molar-refractivity contribution in [3.63, 3.8) is 0 Å². The number of nitriles is 1. The predicted octanol–water partition coefficient (Wildman–Crippen LogP) is 3.85. The molecule has 5 heteroatoms. The normalized spacial score (nSPS) is 20.9.